The molecule has 3 aliphatic rings. The molecule has 17 N–H and O–H groups in total. The Morgan fingerprint density at radius 3 is 1.70 bits per heavy atom. The van der Waals surface area contributed by atoms with Crippen molar-refractivity contribution in [2.75, 3.05) is 44.7 Å². The van der Waals surface area contributed by atoms with Gasteiger partial charge in [-0.3, -0.25) is 48.1 Å². The third kappa shape index (κ3) is 19.8. The number of guanidine groups is 1. The molecule has 12 atom stereocenters. The minimum Gasteiger partial charge on any atom is -0.480 e. The van der Waals surface area contributed by atoms with E-state index in [4.69, 9.17) is 22.9 Å². The lowest BCUT2D eigenvalue weighted by Gasteiger charge is -2.34. The minimum atomic E-state index is -1.67. The summed E-state index contributed by atoms with van der Waals surface area (Å²) in [6, 6.07) is -12.1. The molecule has 0 aromatic heterocycles. The standard InChI is InChI=1S/C49H86N14O13S/c1-26(2)25-33(41(68)59-37(28(4)64)44(71)56-31(14-9-20-54-49(52)53)40(67)57-32(48(75)76)13-7-8-19-50)58-42(69)34-15-11-22-62(34)46(73)36-17-12-23-63(36)47(74)38(29(5)65)60-43(70)35-16-10-21-61(35)45(72)27(3)55-39(66)30(51)18-24-77-6/h26-38,64-65H,7-25,50-51H2,1-6H3,(H,55,66)(H,56,71)(H,57,67)(H,58,69)(H,59,68)(H,60,70)(H,75,76)(H4,52,53,54)/t27-,28+,29+,30-,31-,32-,33-,34-,35-,36-,37-,38-/m0/s1. The Labute approximate surface area is 454 Å². The lowest BCUT2D eigenvalue weighted by molar-refractivity contribution is -0.150. The van der Waals surface area contributed by atoms with E-state index in [0.29, 0.717) is 50.8 Å². The fraction of sp³-hybridized carbons (Fsp3) is 0.776. The van der Waals surface area contributed by atoms with Crippen LogP contribution >= 0.6 is 11.8 Å². The van der Waals surface area contributed by atoms with Gasteiger partial charge in [-0.05, 0) is 129 Å². The fourth-order valence-corrected chi connectivity index (χ4v) is 10.1. The van der Waals surface area contributed by atoms with Gasteiger partial charge in [0.25, 0.3) is 0 Å². The highest BCUT2D eigenvalue weighted by molar-refractivity contribution is 7.98. The summed E-state index contributed by atoms with van der Waals surface area (Å²) in [7, 11) is 0. The third-order valence-electron chi connectivity index (χ3n) is 13.8. The maximum absolute atomic E-state index is 14.4. The number of aliphatic hydroxyl groups is 2. The highest BCUT2D eigenvalue weighted by Gasteiger charge is 2.46. The topological polar surface area (TPSA) is 430 Å². The number of carbonyl (C=O) groups excluding carboxylic acids is 9. The van der Waals surface area contributed by atoms with Gasteiger partial charge in [0.15, 0.2) is 5.96 Å². The van der Waals surface area contributed by atoms with Gasteiger partial charge < -0.3 is 84.9 Å². The van der Waals surface area contributed by atoms with Crippen LogP contribution in [0.2, 0.25) is 0 Å². The molecule has 0 radical (unpaired) electrons. The first-order valence-electron chi connectivity index (χ1n) is 26.7. The number of amides is 9. The second-order valence-electron chi connectivity index (χ2n) is 20.5. The molecule has 77 heavy (non-hydrogen) atoms. The molecule has 436 valence electrons. The lowest BCUT2D eigenvalue weighted by Crippen LogP contribution is -2.62. The molecule has 3 saturated heterocycles. The molecule has 0 aromatic carbocycles. The summed E-state index contributed by atoms with van der Waals surface area (Å²) in [6.07, 6.45) is 2.33. The number of aliphatic carboxylic acids is 1. The Balaban J connectivity index is 1.75. The SMILES string of the molecule is CSCC[C@H](N)C(=O)N[C@@H](C)C(=O)N1CCC[C@H]1C(=O)N[C@H](C(=O)N1CCC[C@H]1C(=O)N1CCC[C@H]1C(=O)N[C@@H](CC(C)C)C(=O)N[C@H](C(=O)N[C@@H](CCCN=C(N)N)C(=O)N[C@@H](CCCCN)C(=O)O)[C@@H](C)O)[C@@H](C)O. The van der Waals surface area contributed by atoms with Gasteiger partial charge in [0.1, 0.15) is 54.4 Å². The summed E-state index contributed by atoms with van der Waals surface area (Å²) in [5.74, 6) is -7.50. The Morgan fingerprint density at radius 2 is 1.14 bits per heavy atom. The molecule has 3 heterocycles. The van der Waals surface area contributed by atoms with Crippen LogP contribution in [0.3, 0.4) is 0 Å². The number of rotatable bonds is 31. The molecule has 3 aliphatic heterocycles. The number of carboxylic acid groups (broad SMARTS) is 1. The zero-order chi connectivity index (χ0) is 57.7. The molecule has 0 bridgehead atoms. The number of hydrogen-bond acceptors (Lipinski definition) is 16. The van der Waals surface area contributed by atoms with E-state index in [9.17, 15) is 63.3 Å². The second kappa shape index (κ2) is 32.2. The first-order valence-corrected chi connectivity index (χ1v) is 28.1. The number of aliphatic hydroxyl groups excluding tert-OH is 2. The second-order valence-corrected chi connectivity index (χ2v) is 21.5. The Bertz CT molecular complexity index is 2080. The van der Waals surface area contributed by atoms with Crippen molar-refractivity contribution in [3.05, 3.63) is 0 Å². The van der Waals surface area contributed by atoms with Crippen molar-refractivity contribution in [2.45, 2.75) is 191 Å². The van der Waals surface area contributed by atoms with Gasteiger partial charge in [0.05, 0.1) is 18.2 Å². The summed E-state index contributed by atoms with van der Waals surface area (Å²) in [5, 5.41) is 46.9. The fourth-order valence-electron chi connectivity index (χ4n) is 9.59. The molecule has 0 spiro atoms. The first kappa shape index (κ1) is 65.4. The van der Waals surface area contributed by atoms with Gasteiger partial charge in [-0.25, -0.2) is 4.79 Å². The van der Waals surface area contributed by atoms with Gasteiger partial charge in [-0.2, -0.15) is 11.8 Å². The molecule has 27 nitrogen and oxygen atoms in total. The number of aliphatic imine (C=N–C) groups is 1. The monoisotopic (exact) mass is 1110 g/mol. The third-order valence-corrected chi connectivity index (χ3v) is 14.4. The van der Waals surface area contributed by atoms with E-state index < -0.39 is 132 Å². The Hall–Kier alpha value is -5.84. The first-order chi connectivity index (χ1) is 36.3. The summed E-state index contributed by atoms with van der Waals surface area (Å²) in [5.41, 5.74) is 22.4. The number of likely N-dealkylation sites (tertiary alicyclic amines) is 3. The Morgan fingerprint density at radius 1 is 0.610 bits per heavy atom. The van der Waals surface area contributed by atoms with Crippen LogP contribution in [0.4, 0.5) is 0 Å². The van der Waals surface area contributed by atoms with E-state index in [1.807, 2.05) is 6.26 Å². The number of carboxylic acids is 1. The molecule has 28 heteroatoms. The number of nitrogens with zero attached hydrogens (tertiary/aromatic N) is 4. The van der Waals surface area contributed by atoms with Crippen molar-refractivity contribution in [3.8, 4) is 0 Å². The average Bonchev–Trinajstić information content (AvgIpc) is 4.18. The zero-order valence-electron chi connectivity index (χ0n) is 45.4. The lowest BCUT2D eigenvalue weighted by atomic mass is 10.0. The van der Waals surface area contributed by atoms with Crippen LogP contribution in [0.25, 0.3) is 0 Å². The summed E-state index contributed by atoms with van der Waals surface area (Å²) in [4.78, 5) is 144. The molecule has 3 rings (SSSR count). The van der Waals surface area contributed by atoms with Crippen molar-refractivity contribution in [1.82, 2.24) is 46.6 Å². The van der Waals surface area contributed by atoms with Crippen LogP contribution in [-0.4, -0.2) is 212 Å². The molecular weight excluding hydrogens is 1020 g/mol. The van der Waals surface area contributed by atoms with Gasteiger partial charge in [0, 0.05) is 26.2 Å². The van der Waals surface area contributed by atoms with Crippen molar-refractivity contribution < 1.29 is 63.3 Å². The van der Waals surface area contributed by atoms with Crippen molar-refractivity contribution in [1.29, 1.82) is 0 Å². The number of unbranched alkanes of at least 4 members (excludes halogenated alkanes) is 1. The molecule has 0 aromatic rings. The highest BCUT2D eigenvalue weighted by Crippen LogP contribution is 2.27. The number of thioether (sulfide) groups is 1. The number of nitrogens with one attached hydrogen (secondary N) is 6. The van der Waals surface area contributed by atoms with Gasteiger partial charge in [0.2, 0.25) is 53.2 Å². The summed E-state index contributed by atoms with van der Waals surface area (Å²) >= 11 is 1.53. The largest absolute Gasteiger partial charge is 0.480 e. The minimum absolute atomic E-state index is 0.0515. The van der Waals surface area contributed by atoms with Crippen LogP contribution in [0.1, 0.15) is 118 Å². The van der Waals surface area contributed by atoms with Crippen LogP contribution < -0.4 is 54.8 Å². The van der Waals surface area contributed by atoms with Crippen molar-refractivity contribution in [3.63, 3.8) is 0 Å². The van der Waals surface area contributed by atoms with E-state index in [2.05, 4.69) is 36.9 Å². The molecule has 0 unspecified atom stereocenters. The van der Waals surface area contributed by atoms with Gasteiger partial charge >= 0.3 is 5.97 Å². The van der Waals surface area contributed by atoms with Crippen LogP contribution in [0, 0.1) is 5.92 Å². The number of carbonyl (C=O) groups is 10. The highest BCUT2D eigenvalue weighted by atomic mass is 32.2. The average molecular weight is 1110 g/mol. The normalized spacial score (nSPS) is 20.8. The smallest absolute Gasteiger partial charge is 0.326 e. The number of nitrogens with two attached hydrogens (primary N) is 4. The van der Waals surface area contributed by atoms with Gasteiger partial charge in [-0.1, -0.05) is 13.8 Å². The molecular formula is C49H86N14O13S. The van der Waals surface area contributed by atoms with Crippen LogP contribution in [0.5, 0.6) is 0 Å². The molecule has 0 aliphatic carbocycles. The Kier molecular flexibility index (Phi) is 27.3. The van der Waals surface area contributed by atoms with E-state index in [-0.39, 0.29) is 83.0 Å². The van der Waals surface area contributed by atoms with E-state index in [0.717, 1.165) is 0 Å². The van der Waals surface area contributed by atoms with Crippen LogP contribution in [-0.2, 0) is 47.9 Å². The van der Waals surface area contributed by atoms with E-state index in [1.54, 1.807) is 13.8 Å². The van der Waals surface area contributed by atoms with Crippen molar-refractivity contribution in [2.24, 2.45) is 33.8 Å². The maximum atomic E-state index is 14.4. The van der Waals surface area contributed by atoms with Crippen LogP contribution in [0.15, 0.2) is 4.99 Å². The quantitative estimate of drug-likeness (QED) is 0.0179. The summed E-state index contributed by atoms with van der Waals surface area (Å²) < 4.78 is 0. The summed E-state index contributed by atoms with van der Waals surface area (Å²) in [6.45, 7) is 8.42. The zero-order valence-corrected chi connectivity index (χ0v) is 46.2. The predicted octanol–water partition coefficient (Wildman–Crippen LogP) is -3.96. The number of hydrogen-bond donors (Lipinski definition) is 13. The van der Waals surface area contributed by atoms with E-state index >= 15 is 0 Å². The maximum Gasteiger partial charge on any atom is 0.326 e. The van der Waals surface area contributed by atoms with Gasteiger partial charge in [-0.15, -0.1) is 0 Å². The predicted molar refractivity (Wildman–Crippen MR) is 286 cm³/mol. The van der Waals surface area contributed by atoms with E-state index in [1.165, 1.54) is 47.2 Å². The molecule has 3 fully saturated rings. The molecule has 9 amide bonds. The van der Waals surface area contributed by atoms with Crippen molar-refractivity contribution >= 4 is 76.9 Å². The molecule has 0 saturated carbocycles.